The SMILES string of the molecule is C[C@H](O)[C@@](C)(CCc1ccccc1)P(=O)(c1ccccc1)c1ccccc1. The Morgan fingerprint density at radius 1 is 0.815 bits per heavy atom. The highest BCUT2D eigenvalue weighted by Gasteiger charge is 2.49. The molecule has 27 heavy (non-hydrogen) atoms. The van der Waals surface area contributed by atoms with E-state index in [2.05, 4.69) is 12.1 Å². The number of hydrogen-bond donors (Lipinski definition) is 1. The molecule has 0 heterocycles. The third-order valence-corrected chi connectivity index (χ3v) is 9.71. The van der Waals surface area contributed by atoms with Crippen LogP contribution < -0.4 is 10.6 Å². The normalized spacial score (nSPS) is 15.1. The van der Waals surface area contributed by atoms with E-state index in [1.807, 2.05) is 85.8 Å². The fraction of sp³-hybridized carbons (Fsp3) is 0.250. The summed E-state index contributed by atoms with van der Waals surface area (Å²) < 4.78 is 14.7. The molecule has 0 unspecified atom stereocenters. The molecule has 3 aromatic carbocycles. The van der Waals surface area contributed by atoms with Crippen molar-refractivity contribution in [3.05, 3.63) is 96.6 Å². The van der Waals surface area contributed by atoms with Crippen LogP contribution in [0, 0.1) is 0 Å². The van der Waals surface area contributed by atoms with Gasteiger partial charge in [-0.1, -0.05) is 91.0 Å². The van der Waals surface area contributed by atoms with Crippen molar-refractivity contribution < 1.29 is 9.67 Å². The minimum Gasteiger partial charge on any atom is -0.392 e. The van der Waals surface area contributed by atoms with Crippen LogP contribution in [0.15, 0.2) is 91.0 Å². The maximum Gasteiger partial charge on any atom is 0.151 e. The summed E-state index contributed by atoms with van der Waals surface area (Å²) >= 11 is 0. The van der Waals surface area contributed by atoms with Gasteiger partial charge in [0.25, 0.3) is 0 Å². The van der Waals surface area contributed by atoms with Crippen molar-refractivity contribution in [3.8, 4) is 0 Å². The predicted molar refractivity (Wildman–Crippen MR) is 115 cm³/mol. The summed E-state index contributed by atoms with van der Waals surface area (Å²) in [5, 5.41) is 11.7. The number of aliphatic hydroxyl groups is 1. The van der Waals surface area contributed by atoms with E-state index < -0.39 is 18.4 Å². The molecular weight excluding hydrogens is 351 g/mol. The molecule has 0 aliphatic heterocycles. The smallest absolute Gasteiger partial charge is 0.151 e. The lowest BCUT2D eigenvalue weighted by Gasteiger charge is -2.41. The molecule has 0 aromatic heterocycles. The molecule has 0 aliphatic rings. The van der Waals surface area contributed by atoms with Crippen molar-refractivity contribution in [2.75, 3.05) is 0 Å². The Hall–Kier alpha value is -2.15. The summed E-state index contributed by atoms with van der Waals surface area (Å²) in [7, 11) is -3.09. The lowest BCUT2D eigenvalue weighted by molar-refractivity contribution is 0.144. The Labute approximate surface area is 162 Å². The van der Waals surface area contributed by atoms with Gasteiger partial charge in [-0.2, -0.15) is 0 Å². The van der Waals surface area contributed by atoms with Crippen molar-refractivity contribution >= 4 is 17.8 Å². The number of aryl methyl sites for hydroxylation is 1. The number of hydrogen-bond acceptors (Lipinski definition) is 2. The fourth-order valence-electron chi connectivity index (χ4n) is 3.69. The standard InChI is InChI=1S/C24H27O2P/c1-20(25)24(2,19-18-21-12-6-3-7-13-21)27(26,22-14-8-4-9-15-22)23-16-10-5-11-17-23/h3-17,20,25H,18-19H2,1-2H3/t20-,24+/m0/s1. The monoisotopic (exact) mass is 378 g/mol. The highest BCUT2D eigenvalue weighted by atomic mass is 31.2. The zero-order valence-electron chi connectivity index (χ0n) is 16.0. The highest BCUT2D eigenvalue weighted by Crippen LogP contribution is 2.59. The molecule has 3 rings (SSSR count). The van der Waals surface area contributed by atoms with Crippen LogP contribution in [0.4, 0.5) is 0 Å². The first-order valence-electron chi connectivity index (χ1n) is 9.42. The average Bonchev–Trinajstić information content (AvgIpc) is 2.73. The van der Waals surface area contributed by atoms with Crippen LogP contribution in [-0.2, 0) is 11.0 Å². The molecule has 0 saturated heterocycles. The number of aliphatic hydroxyl groups excluding tert-OH is 1. The van der Waals surface area contributed by atoms with Gasteiger partial charge in [-0.25, -0.2) is 0 Å². The van der Waals surface area contributed by atoms with Gasteiger partial charge in [-0.3, -0.25) is 0 Å². The van der Waals surface area contributed by atoms with Crippen molar-refractivity contribution in [2.24, 2.45) is 0 Å². The summed E-state index contributed by atoms with van der Waals surface area (Å²) in [4.78, 5) is 0. The van der Waals surface area contributed by atoms with Gasteiger partial charge in [-0.15, -0.1) is 0 Å². The van der Waals surface area contributed by atoms with Gasteiger partial charge in [0.15, 0.2) is 7.14 Å². The summed E-state index contributed by atoms with van der Waals surface area (Å²) in [6.07, 6.45) is 0.689. The molecule has 2 atom stereocenters. The van der Waals surface area contributed by atoms with E-state index in [1.54, 1.807) is 6.92 Å². The quantitative estimate of drug-likeness (QED) is 0.601. The van der Waals surface area contributed by atoms with Crippen molar-refractivity contribution in [1.82, 2.24) is 0 Å². The van der Waals surface area contributed by atoms with Crippen LogP contribution in [-0.4, -0.2) is 16.4 Å². The first-order chi connectivity index (χ1) is 13.0. The number of rotatable bonds is 7. The molecule has 0 saturated carbocycles. The van der Waals surface area contributed by atoms with Gasteiger partial charge in [0.05, 0.1) is 11.3 Å². The fourth-order valence-corrected chi connectivity index (χ4v) is 7.30. The maximum atomic E-state index is 14.7. The molecule has 0 aliphatic carbocycles. The predicted octanol–water partition coefficient (Wildman–Crippen LogP) is 4.77. The second-order valence-corrected chi connectivity index (χ2v) is 10.6. The minimum absolute atomic E-state index is 0.635. The molecule has 0 bridgehead atoms. The Morgan fingerprint density at radius 3 is 1.63 bits per heavy atom. The van der Waals surface area contributed by atoms with Crippen LogP contribution in [0.1, 0.15) is 25.8 Å². The van der Waals surface area contributed by atoms with E-state index in [9.17, 15) is 9.67 Å². The Kier molecular flexibility index (Phi) is 5.99. The Bertz CT molecular complexity index is 848. The van der Waals surface area contributed by atoms with E-state index in [0.717, 1.165) is 17.0 Å². The van der Waals surface area contributed by atoms with Crippen molar-refractivity contribution in [2.45, 2.75) is 37.9 Å². The Morgan fingerprint density at radius 2 is 1.22 bits per heavy atom. The van der Waals surface area contributed by atoms with E-state index >= 15 is 0 Å². The molecule has 3 heteroatoms. The summed E-state index contributed by atoms with van der Waals surface area (Å²) in [6, 6.07) is 29.5. The average molecular weight is 378 g/mol. The van der Waals surface area contributed by atoms with Gasteiger partial charge in [0.2, 0.25) is 0 Å². The van der Waals surface area contributed by atoms with Gasteiger partial charge in [0, 0.05) is 10.6 Å². The summed E-state index contributed by atoms with van der Waals surface area (Å²) in [5.41, 5.74) is 1.19. The van der Waals surface area contributed by atoms with E-state index in [-0.39, 0.29) is 0 Å². The van der Waals surface area contributed by atoms with Gasteiger partial charge in [-0.05, 0) is 32.3 Å². The summed E-state index contributed by atoms with van der Waals surface area (Å²) in [6.45, 7) is 3.74. The van der Waals surface area contributed by atoms with Crippen LogP contribution in [0.2, 0.25) is 0 Å². The van der Waals surface area contributed by atoms with Gasteiger partial charge < -0.3 is 9.67 Å². The first-order valence-corrected chi connectivity index (χ1v) is 11.1. The molecule has 0 amide bonds. The first kappa shape index (κ1) is 19.6. The lowest BCUT2D eigenvalue weighted by Crippen LogP contribution is -2.44. The van der Waals surface area contributed by atoms with Crippen molar-refractivity contribution in [1.29, 1.82) is 0 Å². The van der Waals surface area contributed by atoms with Crippen LogP contribution in [0.25, 0.3) is 0 Å². The van der Waals surface area contributed by atoms with E-state index in [0.29, 0.717) is 6.42 Å². The second kappa shape index (κ2) is 8.25. The van der Waals surface area contributed by atoms with Crippen LogP contribution in [0.5, 0.6) is 0 Å². The molecule has 0 radical (unpaired) electrons. The Balaban J connectivity index is 2.11. The van der Waals surface area contributed by atoms with Gasteiger partial charge in [0.1, 0.15) is 0 Å². The number of benzene rings is 3. The largest absolute Gasteiger partial charge is 0.392 e. The molecule has 0 spiro atoms. The van der Waals surface area contributed by atoms with Crippen molar-refractivity contribution in [3.63, 3.8) is 0 Å². The van der Waals surface area contributed by atoms with Crippen LogP contribution >= 0.6 is 7.14 Å². The minimum atomic E-state index is -3.09. The molecule has 1 N–H and O–H groups in total. The molecule has 3 aromatic rings. The summed E-state index contributed by atoms with van der Waals surface area (Å²) in [5.74, 6) is 0. The topological polar surface area (TPSA) is 37.3 Å². The third kappa shape index (κ3) is 3.78. The molecule has 2 nitrogen and oxygen atoms in total. The van der Waals surface area contributed by atoms with Crippen LogP contribution in [0.3, 0.4) is 0 Å². The van der Waals surface area contributed by atoms with E-state index in [4.69, 9.17) is 0 Å². The molecule has 0 fully saturated rings. The van der Waals surface area contributed by atoms with Gasteiger partial charge >= 0.3 is 0 Å². The maximum absolute atomic E-state index is 14.7. The zero-order chi connectivity index (χ0) is 19.3. The lowest BCUT2D eigenvalue weighted by atomic mass is 9.96. The second-order valence-electron chi connectivity index (χ2n) is 7.30. The highest BCUT2D eigenvalue weighted by molar-refractivity contribution is 7.80. The zero-order valence-corrected chi connectivity index (χ0v) is 16.8. The molecule has 140 valence electrons. The third-order valence-electron chi connectivity index (χ3n) is 5.62. The van der Waals surface area contributed by atoms with E-state index in [1.165, 1.54) is 5.56 Å². The molecular formula is C24H27O2P.